The van der Waals surface area contributed by atoms with Crippen LogP contribution >= 0.6 is 22.9 Å². The highest BCUT2D eigenvalue weighted by Gasteiger charge is 2.14. The maximum Gasteiger partial charge on any atom is 0.270 e. The van der Waals surface area contributed by atoms with E-state index in [1.807, 2.05) is 24.3 Å². The van der Waals surface area contributed by atoms with Gasteiger partial charge in [0.1, 0.15) is 16.5 Å². The first-order valence-corrected chi connectivity index (χ1v) is 11.2. The molecular formula is C23H25ClFN3OS. The zero-order valence-corrected chi connectivity index (χ0v) is 18.5. The van der Waals surface area contributed by atoms with Crippen molar-refractivity contribution in [3.8, 4) is 0 Å². The first kappa shape index (κ1) is 22.4. The minimum absolute atomic E-state index is 0.131. The van der Waals surface area contributed by atoms with E-state index >= 15 is 0 Å². The van der Waals surface area contributed by atoms with E-state index in [0.717, 1.165) is 29.0 Å². The van der Waals surface area contributed by atoms with Crippen molar-refractivity contribution in [3.63, 3.8) is 0 Å². The van der Waals surface area contributed by atoms with Crippen LogP contribution in [0.5, 0.6) is 0 Å². The molecule has 3 rings (SSSR count). The van der Waals surface area contributed by atoms with Crippen molar-refractivity contribution in [1.82, 2.24) is 15.2 Å². The van der Waals surface area contributed by atoms with Crippen LogP contribution < -0.4 is 5.32 Å². The van der Waals surface area contributed by atoms with Crippen molar-refractivity contribution >= 4 is 28.8 Å². The molecule has 0 spiro atoms. The summed E-state index contributed by atoms with van der Waals surface area (Å²) in [5.41, 5.74) is 2.59. The zero-order chi connectivity index (χ0) is 21.3. The van der Waals surface area contributed by atoms with Gasteiger partial charge in [-0.05, 0) is 41.8 Å². The normalized spacial score (nSPS) is 11.1. The van der Waals surface area contributed by atoms with Crippen molar-refractivity contribution in [1.29, 1.82) is 0 Å². The number of benzene rings is 2. The highest BCUT2D eigenvalue weighted by molar-refractivity contribution is 7.09. The summed E-state index contributed by atoms with van der Waals surface area (Å²) in [6.45, 7) is 4.67. The zero-order valence-electron chi connectivity index (χ0n) is 16.9. The summed E-state index contributed by atoms with van der Waals surface area (Å²) in [6, 6.07) is 14.3. The van der Waals surface area contributed by atoms with Gasteiger partial charge in [-0.1, -0.05) is 49.2 Å². The van der Waals surface area contributed by atoms with Crippen molar-refractivity contribution < 1.29 is 9.18 Å². The van der Waals surface area contributed by atoms with Gasteiger partial charge in [0.2, 0.25) is 0 Å². The minimum Gasteiger partial charge on any atom is -0.351 e. The Hall–Kier alpha value is -2.28. The Bertz CT molecular complexity index is 896. The smallest absolute Gasteiger partial charge is 0.270 e. The second-order valence-electron chi connectivity index (χ2n) is 7.13. The summed E-state index contributed by atoms with van der Waals surface area (Å²) >= 11 is 7.48. The number of hydrogen-bond acceptors (Lipinski definition) is 4. The maximum atomic E-state index is 13.3. The molecule has 0 radical (unpaired) electrons. The van der Waals surface area contributed by atoms with E-state index in [9.17, 15) is 9.18 Å². The fraction of sp³-hybridized carbons (Fsp3) is 0.304. The Morgan fingerprint density at radius 1 is 1.07 bits per heavy atom. The number of carbonyl (C=O) groups is 1. The summed E-state index contributed by atoms with van der Waals surface area (Å²) in [5, 5.41) is 6.27. The second kappa shape index (κ2) is 11.2. The van der Waals surface area contributed by atoms with Crippen LogP contribution in [0.25, 0.3) is 0 Å². The second-order valence-corrected chi connectivity index (χ2v) is 8.51. The molecule has 2 aromatic carbocycles. The van der Waals surface area contributed by atoms with Crippen molar-refractivity contribution in [3.05, 3.63) is 86.6 Å². The number of carbonyl (C=O) groups excluding carboxylic acids is 1. The molecule has 0 unspecified atom stereocenters. The van der Waals surface area contributed by atoms with Crippen LogP contribution in [0.1, 0.15) is 46.4 Å². The number of nitrogens with one attached hydrogen (secondary N) is 1. The maximum absolute atomic E-state index is 13.3. The lowest BCUT2D eigenvalue weighted by molar-refractivity contribution is 0.0948. The number of halogens is 2. The van der Waals surface area contributed by atoms with Crippen LogP contribution in [0.3, 0.4) is 0 Å². The van der Waals surface area contributed by atoms with Crippen LogP contribution in [0, 0.1) is 5.82 Å². The van der Waals surface area contributed by atoms with Crippen LogP contribution in [0.2, 0.25) is 5.02 Å². The molecule has 0 aliphatic rings. The molecule has 0 bridgehead atoms. The molecule has 7 heteroatoms. The van der Waals surface area contributed by atoms with Crippen molar-refractivity contribution in [2.45, 2.75) is 39.4 Å². The summed E-state index contributed by atoms with van der Waals surface area (Å²) in [6.07, 6.45) is 1.99. The predicted octanol–water partition coefficient (Wildman–Crippen LogP) is 5.67. The van der Waals surface area contributed by atoms with Crippen LogP contribution in [0.15, 0.2) is 53.9 Å². The van der Waals surface area contributed by atoms with Crippen LogP contribution in [-0.4, -0.2) is 22.3 Å². The molecule has 0 aliphatic heterocycles. The van der Waals surface area contributed by atoms with E-state index < -0.39 is 0 Å². The molecule has 1 amide bonds. The molecule has 0 saturated carbocycles. The third-order valence-corrected chi connectivity index (χ3v) is 5.68. The van der Waals surface area contributed by atoms with E-state index in [1.165, 1.54) is 23.5 Å². The molecule has 1 aromatic heterocycles. The number of rotatable bonds is 10. The first-order chi connectivity index (χ1) is 14.5. The Morgan fingerprint density at radius 3 is 2.33 bits per heavy atom. The van der Waals surface area contributed by atoms with Gasteiger partial charge in [0, 0.05) is 30.0 Å². The number of amides is 1. The van der Waals surface area contributed by atoms with Gasteiger partial charge in [0.25, 0.3) is 5.91 Å². The van der Waals surface area contributed by atoms with E-state index in [0.29, 0.717) is 36.9 Å². The van der Waals surface area contributed by atoms with Crippen molar-refractivity contribution in [2.75, 3.05) is 6.54 Å². The number of aromatic nitrogens is 1. The standard InChI is InChI=1S/C23H25ClFN3OS/c1-2-3-12-26-23(29)21-16-30-22(27-21)15-28(13-17-4-8-19(24)9-5-17)14-18-6-10-20(25)11-7-18/h4-11,16H,2-3,12-15H2,1H3,(H,26,29). The third-order valence-electron chi connectivity index (χ3n) is 4.60. The number of unbranched alkanes of at least 4 members (excludes halogenated alkanes) is 1. The highest BCUT2D eigenvalue weighted by atomic mass is 35.5. The summed E-state index contributed by atoms with van der Waals surface area (Å²) in [5.74, 6) is -0.379. The Morgan fingerprint density at radius 2 is 1.70 bits per heavy atom. The molecule has 0 aliphatic carbocycles. The lowest BCUT2D eigenvalue weighted by atomic mass is 10.1. The Kier molecular flexibility index (Phi) is 8.37. The van der Waals surface area contributed by atoms with E-state index in [4.69, 9.17) is 11.6 Å². The SMILES string of the molecule is CCCCNC(=O)c1csc(CN(Cc2ccc(F)cc2)Cc2ccc(Cl)cc2)n1. The van der Waals surface area contributed by atoms with Gasteiger partial charge >= 0.3 is 0 Å². The Labute approximate surface area is 185 Å². The lowest BCUT2D eigenvalue weighted by Crippen LogP contribution is -2.25. The van der Waals surface area contributed by atoms with E-state index in [1.54, 1.807) is 17.5 Å². The van der Waals surface area contributed by atoms with Crippen molar-refractivity contribution in [2.24, 2.45) is 0 Å². The Balaban J connectivity index is 1.70. The lowest BCUT2D eigenvalue weighted by Gasteiger charge is -2.21. The molecule has 3 aromatic rings. The predicted molar refractivity (Wildman–Crippen MR) is 120 cm³/mol. The molecule has 0 atom stereocenters. The monoisotopic (exact) mass is 445 g/mol. The topological polar surface area (TPSA) is 45.2 Å². The average molecular weight is 446 g/mol. The molecule has 4 nitrogen and oxygen atoms in total. The fourth-order valence-corrected chi connectivity index (χ4v) is 3.95. The van der Waals surface area contributed by atoms with Gasteiger partial charge in [-0.25, -0.2) is 9.37 Å². The van der Waals surface area contributed by atoms with Gasteiger partial charge in [-0.2, -0.15) is 0 Å². The molecular weight excluding hydrogens is 421 g/mol. The molecule has 0 saturated heterocycles. The fourth-order valence-electron chi connectivity index (χ4n) is 3.01. The van der Waals surface area contributed by atoms with Gasteiger partial charge in [0.15, 0.2) is 0 Å². The van der Waals surface area contributed by atoms with Gasteiger partial charge in [-0.3, -0.25) is 9.69 Å². The highest BCUT2D eigenvalue weighted by Crippen LogP contribution is 2.19. The van der Waals surface area contributed by atoms with Gasteiger partial charge < -0.3 is 5.32 Å². The largest absolute Gasteiger partial charge is 0.351 e. The quantitative estimate of drug-likeness (QED) is 0.409. The van der Waals surface area contributed by atoms with E-state index in [-0.39, 0.29) is 11.7 Å². The van der Waals surface area contributed by atoms with E-state index in [2.05, 4.69) is 22.1 Å². The molecule has 30 heavy (non-hydrogen) atoms. The minimum atomic E-state index is -0.248. The summed E-state index contributed by atoms with van der Waals surface area (Å²) < 4.78 is 13.3. The number of thiazole rings is 1. The number of nitrogens with zero attached hydrogens (tertiary/aromatic N) is 2. The van der Waals surface area contributed by atoms with Crippen LogP contribution in [0.4, 0.5) is 4.39 Å². The third kappa shape index (κ3) is 6.90. The summed E-state index contributed by atoms with van der Waals surface area (Å²) in [4.78, 5) is 19.0. The van der Waals surface area contributed by atoms with Gasteiger partial charge in [0.05, 0.1) is 6.54 Å². The number of hydrogen-bond donors (Lipinski definition) is 1. The average Bonchev–Trinajstić information content (AvgIpc) is 3.20. The first-order valence-electron chi connectivity index (χ1n) is 9.97. The molecule has 1 heterocycles. The van der Waals surface area contributed by atoms with Gasteiger partial charge in [-0.15, -0.1) is 11.3 Å². The molecule has 158 valence electrons. The van der Waals surface area contributed by atoms with Crippen LogP contribution in [-0.2, 0) is 19.6 Å². The molecule has 1 N–H and O–H groups in total. The summed E-state index contributed by atoms with van der Waals surface area (Å²) in [7, 11) is 0. The molecule has 0 fully saturated rings.